The lowest BCUT2D eigenvalue weighted by Crippen LogP contribution is -2.17. The van der Waals surface area contributed by atoms with Crippen molar-refractivity contribution in [2.75, 3.05) is 0 Å². The summed E-state index contributed by atoms with van der Waals surface area (Å²) in [5.41, 5.74) is 3.44. The number of hydrogen-bond acceptors (Lipinski definition) is 4. The van der Waals surface area contributed by atoms with Crippen LogP contribution in [0.5, 0.6) is 5.75 Å². The number of aromatic nitrogens is 1. The third kappa shape index (κ3) is 3.53. The molecule has 0 aliphatic heterocycles. The van der Waals surface area contributed by atoms with Crippen molar-refractivity contribution in [1.29, 1.82) is 0 Å². The van der Waals surface area contributed by atoms with E-state index in [-0.39, 0.29) is 10.8 Å². The van der Waals surface area contributed by atoms with Crippen LogP contribution in [0.15, 0.2) is 47.8 Å². The van der Waals surface area contributed by atoms with Crippen LogP contribution in [0, 0.1) is 0 Å². The number of pyridine rings is 1. The minimum Gasteiger partial charge on any atom is -0.506 e. The molecule has 0 fully saturated rings. The summed E-state index contributed by atoms with van der Waals surface area (Å²) in [5.74, 6) is -0.487. The zero-order chi connectivity index (χ0) is 13.7. The van der Waals surface area contributed by atoms with E-state index in [0.29, 0.717) is 5.56 Å². The summed E-state index contributed by atoms with van der Waals surface area (Å²) in [6.45, 7) is 0. The number of phenolic OH excluding ortho intramolecular Hbond substituents is 1. The Hall–Kier alpha value is -2.40. The largest absolute Gasteiger partial charge is 0.506 e. The lowest BCUT2D eigenvalue weighted by Gasteiger charge is -2.01. The van der Waals surface area contributed by atoms with Crippen molar-refractivity contribution in [2.24, 2.45) is 5.10 Å². The van der Waals surface area contributed by atoms with Crippen LogP contribution in [0.2, 0.25) is 5.02 Å². The molecule has 0 aliphatic carbocycles. The van der Waals surface area contributed by atoms with Gasteiger partial charge in [-0.15, -0.1) is 0 Å². The van der Waals surface area contributed by atoms with Crippen LogP contribution in [0.4, 0.5) is 0 Å². The molecule has 5 nitrogen and oxygen atoms in total. The smallest absolute Gasteiger partial charge is 0.271 e. The first-order valence-electron chi connectivity index (χ1n) is 5.39. The average Bonchev–Trinajstić information content (AvgIpc) is 2.43. The Labute approximate surface area is 114 Å². The second-order valence-corrected chi connectivity index (χ2v) is 4.06. The molecule has 96 valence electrons. The van der Waals surface area contributed by atoms with Crippen molar-refractivity contribution in [3.05, 3.63) is 58.9 Å². The fourth-order valence-corrected chi connectivity index (χ4v) is 1.51. The number of hydrogen-bond donors (Lipinski definition) is 2. The maximum atomic E-state index is 11.7. The molecule has 19 heavy (non-hydrogen) atoms. The summed E-state index contributed by atoms with van der Waals surface area (Å²) in [5, 5.41) is 13.2. The van der Waals surface area contributed by atoms with Gasteiger partial charge >= 0.3 is 0 Å². The van der Waals surface area contributed by atoms with Gasteiger partial charge in [0.25, 0.3) is 5.91 Å². The van der Waals surface area contributed by atoms with Crippen molar-refractivity contribution >= 4 is 23.7 Å². The molecule has 0 saturated carbocycles. The summed E-state index contributed by atoms with van der Waals surface area (Å²) in [6.07, 6.45) is 4.74. The zero-order valence-corrected chi connectivity index (χ0v) is 10.5. The number of hydrazone groups is 1. The molecule has 0 spiro atoms. The van der Waals surface area contributed by atoms with E-state index in [4.69, 9.17) is 11.6 Å². The SMILES string of the molecule is O=C(NN=Cc1cccnc1)c1ccc(O)c(Cl)c1. The quantitative estimate of drug-likeness (QED) is 0.666. The highest BCUT2D eigenvalue weighted by Crippen LogP contribution is 2.23. The summed E-state index contributed by atoms with van der Waals surface area (Å²) in [7, 11) is 0. The van der Waals surface area contributed by atoms with E-state index in [2.05, 4.69) is 15.5 Å². The maximum Gasteiger partial charge on any atom is 0.271 e. The van der Waals surface area contributed by atoms with Gasteiger partial charge in [-0.1, -0.05) is 17.7 Å². The van der Waals surface area contributed by atoms with Crippen molar-refractivity contribution in [1.82, 2.24) is 10.4 Å². The number of benzene rings is 1. The molecule has 2 rings (SSSR count). The Balaban J connectivity index is 2.01. The average molecular weight is 276 g/mol. The molecule has 0 aliphatic rings. The summed E-state index contributed by atoms with van der Waals surface area (Å²) in [6, 6.07) is 7.74. The van der Waals surface area contributed by atoms with Crippen molar-refractivity contribution < 1.29 is 9.90 Å². The van der Waals surface area contributed by atoms with E-state index in [1.54, 1.807) is 24.5 Å². The molecule has 0 atom stereocenters. The Morgan fingerprint density at radius 2 is 2.26 bits per heavy atom. The summed E-state index contributed by atoms with van der Waals surface area (Å²) < 4.78 is 0. The number of rotatable bonds is 3. The Morgan fingerprint density at radius 3 is 2.95 bits per heavy atom. The zero-order valence-electron chi connectivity index (χ0n) is 9.75. The van der Waals surface area contributed by atoms with Gasteiger partial charge in [-0.25, -0.2) is 5.43 Å². The van der Waals surface area contributed by atoms with Gasteiger partial charge in [0.2, 0.25) is 0 Å². The van der Waals surface area contributed by atoms with Crippen LogP contribution in [-0.2, 0) is 0 Å². The molecule has 0 saturated heterocycles. The number of aromatic hydroxyl groups is 1. The second-order valence-electron chi connectivity index (χ2n) is 3.65. The van der Waals surface area contributed by atoms with Gasteiger partial charge in [0.1, 0.15) is 5.75 Å². The first-order chi connectivity index (χ1) is 9.16. The van der Waals surface area contributed by atoms with Gasteiger partial charge in [-0.2, -0.15) is 5.10 Å². The number of nitrogens with one attached hydrogen (secondary N) is 1. The third-order valence-corrected chi connectivity index (χ3v) is 2.58. The highest BCUT2D eigenvalue weighted by molar-refractivity contribution is 6.32. The van der Waals surface area contributed by atoms with Crippen LogP contribution < -0.4 is 5.43 Å². The molecular weight excluding hydrogens is 266 g/mol. The van der Waals surface area contributed by atoms with E-state index in [0.717, 1.165) is 5.56 Å². The number of carbonyl (C=O) groups excluding carboxylic acids is 1. The van der Waals surface area contributed by atoms with Gasteiger partial charge in [0.15, 0.2) is 0 Å². The molecule has 1 aromatic heterocycles. The topological polar surface area (TPSA) is 74.6 Å². The third-order valence-electron chi connectivity index (χ3n) is 2.27. The van der Waals surface area contributed by atoms with Gasteiger partial charge in [-0.05, 0) is 24.3 Å². The number of nitrogens with zero attached hydrogens (tertiary/aromatic N) is 2. The molecule has 0 unspecified atom stereocenters. The van der Waals surface area contributed by atoms with Crippen LogP contribution in [0.3, 0.4) is 0 Å². The van der Waals surface area contributed by atoms with E-state index >= 15 is 0 Å². The molecule has 0 radical (unpaired) electrons. The van der Waals surface area contributed by atoms with Crippen molar-refractivity contribution in [3.8, 4) is 5.75 Å². The van der Waals surface area contributed by atoms with Crippen molar-refractivity contribution in [3.63, 3.8) is 0 Å². The predicted octanol–water partition coefficient (Wildman–Crippen LogP) is 2.20. The van der Waals surface area contributed by atoms with Crippen LogP contribution >= 0.6 is 11.6 Å². The number of carbonyl (C=O) groups is 1. The standard InChI is InChI=1S/C13H10ClN3O2/c14-11-6-10(3-4-12(11)18)13(19)17-16-8-9-2-1-5-15-7-9/h1-8,18H,(H,17,19). The monoisotopic (exact) mass is 275 g/mol. The predicted molar refractivity (Wildman–Crippen MR) is 72.4 cm³/mol. The summed E-state index contributed by atoms with van der Waals surface area (Å²) in [4.78, 5) is 15.6. The van der Waals surface area contributed by atoms with Gasteiger partial charge in [-0.3, -0.25) is 9.78 Å². The Bertz CT molecular complexity index is 615. The molecular formula is C13H10ClN3O2. The van der Waals surface area contributed by atoms with E-state index < -0.39 is 5.91 Å². The molecule has 6 heteroatoms. The van der Waals surface area contributed by atoms with Crippen LogP contribution in [0.1, 0.15) is 15.9 Å². The van der Waals surface area contributed by atoms with E-state index in [1.165, 1.54) is 24.4 Å². The van der Waals surface area contributed by atoms with Crippen molar-refractivity contribution in [2.45, 2.75) is 0 Å². The number of amides is 1. The minimum atomic E-state index is -0.415. The molecule has 0 bridgehead atoms. The highest BCUT2D eigenvalue weighted by atomic mass is 35.5. The Morgan fingerprint density at radius 1 is 1.42 bits per heavy atom. The van der Waals surface area contributed by atoms with Gasteiger partial charge in [0, 0.05) is 23.5 Å². The first kappa shape index (κ1) is 13.0. The number of phenols is 1. The first-order valence-corrected chi connectivity index (χ1v) is 5.76. The molecule has 2 N–H and O–H groups in total. The van der Waals surface area contributed by atoms with E-state index in [9.17, 15) is 9.90 Å². The van der Waals surface area contributed by atoms with Crippen LogP contribution in [0.25, 0.3) is 0 Å². The fraction of sp³-hybridized carbons (Fsp3) is 0. The van der Waals surface area contributed by atoms with E-state index in [1.807, 2.05) is 0 Å². The van der Waals surface area contributed by atoms with Gasteiger partial charge in [0.05, 0.1) is 11.2 Å². The van der Waals surface area contributed by atoms with Gasteiger partial charge < -0.3 is 5.11 Å². The Kier molecular flexibility index (Phi) is 4.10. The molecule has 1 heterocycles. The second kappa shape index (κ2) is 5.97. The molecule has 2 aromatic rings. The molecule has 1 aromatic carbocycles. The lowest BCUT2D eigenvalue weighted by atomic mass is 10.2. The van der Waals surface area contributed by atoms with Crippen LogP contribution in [-0.4, -0.2) is 22.2 Å². The lowest BCUT2D eigenvalue weighted by molar-refractivity contribution is 0.0955. The normalized spacial score (nSPS) is 10.6. The molecule has 1 amide bonds. The highest BCUT2D eigenvalue weighted by Gasteiger charge is 2.06. The maximum absolute atomic E-state index is 11.7. The fourth-order valence-electron chi connectivity index (χ4n) is 1.33. The summed E-state index contributed by atoms with van der Waals surface area (Å²) >= 11 is 5.71. The minimum absolute atomic E-state index is 0.0722. The number of halogens is 1.